The van der Waals surface area contributed by atoms with E-state index in [0.29, 0.717) is 24.1 Å². The van der Waals surface area contributed by atoms with E-state index in [2.05, 4.69) is 10.6 Å². The Morgan fingerprint density at radius 1 is 0.800 bits per heavy atom. The quantitative estimate of drug-likeness (QED) is 0.374. The summed E-state index contributed by atoms with van der Waals surface area (Å²) in [4.78, 5) is 45.7. The molecule has 2 N–H and O–H groups in total. The largest absolute Gasteiger partial charge is 0.326 e. The molecule has 0 aliphatic carbocycles. The highest BCUT2D eigenvalue weighted by Gasteiger charge is 2.13. The van der Waals surface area contributed by atoms with Crippen LogP contribution in [0.4, 0.5) is 11.4 Å². The molecule has 0 radical (unpaired) electrons. The predicted molar refractivity (Wildman–Crippen MR) is 119 cm³/mol. The van der Waals surface area contributed by atoms with Gasteiger partial charge in [0.15, 0.2) is 5.78 Å². The summed E-state index contributed by atoms with van der Waals surface area (Å²) in [7, 11) is 0. The van der Waals surface area contributed by atoms with Gasteiger partial charge in [-0.3, -0.25) is 14.4 Å². The summed E-state index contributed by atoms with van der Waals surface area (Å²) in [6.45, 7) is 2.88. The molecule has 2 amide bonds. The van der Waals surface area contributed by atoms with E-state index in [1.54, 1.807) is 48.6 Å². The van der Waals surface area contributed by atoms with Gasteiger partial charge in [0.1, 0.15) is 6.29 Å². The van der Waals surface area contributed by atoms with Gasteiger partial charge in [-0.25, -0.2) is 0 Å². The summed E-state index contributed by atoms with van der Waals surface area (Å²) in [5, 5.41) is 5.36. The molecular formula is C24H24N2O4. The van der Waals surface area contributed by atoms with Crippen LogP contribution in [0.3, 0.4) is 0 Å². The van der Waals surface area contributed by atoms with Crippen LogP contribution in [0.2, 0.25) is 0 Å². The van der Waals surface area contributed by atoms with Gasteiger partial charge in [0.2, 0.25) is 11.8 Å². The number of rotatable bonds is 9. The maximum absolute atomic E-state index is 12.3. The Morgan fingerprint density at radius 3 is 1.70 bits per heavy atom. The van der Waals surface area contributed by atoms with E-state index in [4.69, 9.17) is 0 Å². The van der Waals surface area contributed by atoms with Crippen molar-refractivity contribution in [1.82, 2.24) is 0 Å². The number of hydrogen-bond acceptors (Lipinski definition) is 4. The van der Waals surface area contributed by atoms with Gasteiger partial charge in [0.05, 0.1) is 5.92 Å². The number of aldehydes is 1. The van der Waals surface area contributed by atoms with Crippen LogP contribution in [0.15, 0.2) is 60.7 Å². The van der Waals surface area contributed by atoms with Crippen LogP contribution in [0, 0.1) is 5.92 Å². The van der Waals surface area contributed by atoms with Gasteiger partial charge in [0, 0.05) is 25.2 Å². The van der Waals surface area contributed by atoms with Crippen LogP contribution in [-0.4, -0.2) is 23.9 Å². The smallest absolute Gasteiger partial charge is 0.221 e. The summed E-state index contributed by atoms with van der Waals surface area (Å²) < 4.78 is 0. The van der Waals surface area contributed by atoms with Gasteiger partial charge in [-0.1, -0.05) is 42.5 Å². The lowest BCUT2D eigenvalue weighted by atomic mass is 10.00. The van der Waals surface area contributed by atoms with Gasteiger partial charge in [-0.05, 0) is 47.9 Å². The molecule has 2 aromatic carbocycles. The minimum Gasteiger partial charge on any atom is -0.326 e. The number of carbonyl (C=O) groups is 4. The second kappa shape index (κ2) is 11.3. The molecule has 6 nitrogen and oxygen atoms in total. The maximum Gasteiger partial charge on any atom is 0.221 e. The SMILES string of the molecule is CC(=O)Nc1ccc(/C=C/CC(C=O)C(=O)/C=C/c2ccc(NC(C)=O)cc2)cc1. The monoisotopic (exact) mass is 404 g/mol. The van der Waals surface area contributed by atoms with E-state index in [1.807, 2.05) is 18.2 Å². The Kier molecular flexibility index (Phi) is 8.44. The highest BCUT2D eigenvalue weighted by atomic mass is 16.2. The number of amides is 2. The predicted octanol–water partition coefficient (Wildman–Crippen LogP) is 4.10. The van der Waals surface area contributed by atoms with Crippen LogP contribution in [-0.2, 0) is 19.2 Å². The van der Waals surface area contributed by atoms with E-state index < -0.39 is 5.92 Å². The third-order valence-corrected chi connectivity index (χ3v) is 4.13. The van der Waals surface area contributed by atoms with Gasteiger partial charge >= 0.3 is 0 Å². The Hall–Kier alpha value is -3.80. The van der Waals surface area contributed by atoms with Crippen LogP contribution in [0.1, 0.15) is 31.4 Å². The fraction of sp³-hybridized carbons (Fsp3) is 0.167. The van der Waals surface area contributed by atoms with Crippen molar-refractivity contribution in [3.8, 4) is 0 Å². The molecule has 0 heterocycles. The Bertz CT molecular complexity index is 958. The zero-order chi connectivity index (χ0) is 21.9. The standard InChI is InChI=1S/C24H24N2O4/c1-17(28)25-22-11-6-19(7-12-22)4-3-5-21(16-27)24(30)15-10-20-8-13-23(14-9-20)26-18(2)29/h3-4,6-16,21H,5H2,1-2H3,(H,25,28)(H,26,29)/b4-3+,15-10+. The summed E-state index contributed by atoms with van der Waals surface area (Å²) in [6.07, 6.45) is 7.58. The molecule has 0 saturated carbocycles. The zero-order valence-corrected chi connectivity index (χ0v) is 16.9. The van der Waals surface area contributed by atoms with Gasteiger partial charge in [-0.2, -0.15) is 0 Å². The first kappa shape index (κ1) is 22.5. The highest BCUT2D eigenvalue weighted by molar-refractivity contribution is 6.03. The molecule has 1 atom stereocenters. The molecule has 30 heavy (non-hydrogen) atoms. The first-order chi connectivity index (χ1) is 14.4. The first-order valence-corrected chi connectivity index (χ1v) is 9.46. The fourth-order valence-electron chi connectivity index (χ4n) is 2.65. The molecule has 2 aromatic rings. The normalized spacial score (nSPS) is 11.9. The van der Waals surface area contributed by atoms with Gasteiger partial charge < -0.3 is 15.4 Å². The molecular weight excluding hydrogens is 380 g/mol. The molecule has 2 rings (SSSR count). The number of anilines is 2. The average Bonchev–Trinajstić information content (AvgIpc) is 2.71. The molecule has 1 unspecified atom stereocenters. The molecule has 0 aliphatic rings. The number of hydrogen-bond donors (Lipinski definition) is 2. The summed E-state index contributed by atoms with van der Waals surface area (Å²) in [6, 6.07) is 14.3. The first-order valence-electron chi connectivity index (χ1n) is 9.46. The fourth-order valence-corrected chi connectivity index (χ4v) is 2.65. The van der Waals surface area contributed by atoms with Crippen molar-refractivity contribution < 1.29 is 19.2 Å². The number of ketones is 1. The van der Waals surface area contributed by atoms with Crippen LogP contribution in [0.5, 0.6) is 0 Å². The second-order valence-electron chi connectivity index (χ2n) is 6.72. The number of benzene rings is 2. The van der Waals surface area contributed by atoms with Crippen molar-refractivity contribution in [2.45, 2.75) is 20.3 Å². The van der Waals surface area contributed by atoms with Crippen LogP contribution < -0.4 is 10.6 Å². The van der Waals surface area contributed by atoms with E-state index in [0.717, 1.165) is 11.1 Å². The van der Waals surface area contributed by atoms with Crippen LogP contribution in [0.25, 0.3) is 12.2 Å². The number of allylic oxidation sites excluding steroid dienone is 2. The molecule has 154 valence electrons. The van der Waals surface area contributed by atoms with Crippen molar-refractivity contribution >= 4 is 47.4 Å². The van der Waals surface area contributed by atoms with Crippen molar-refractivity contribution in [3.05, 3.63) is 71.8 Å². The van der Waals surface area contributed by atoms with E-state index in [1.165, 1.54) is 19.9 Å². The number of nitrogens with one attached hydrogen (secondary N) is 2. The molecule has 0 saturated heterocycles. The molecule has 6 heteroatoms. The van der Waals surface area contributed by atoms with Gasteiger partial charge in [-0.15, -0.1) is 0 Å². The topological polar surface area (TPSA) is 92.3 Å². The summed E-state index contributed by atoms with van der Waals surface area (Å²) in [5.74, 6) is -1.32. The Morgan fingerprint density at radius 2 is 1.27 bits per heavy atom. The van der Waals surface area contributed by atoms with E-state index in [-0.39, 0.29) is 17.6 Å². The van der Waals surface area contributed by atoms with E-state index >= 15 is 0 Å². The van der Waals surface area contributed by atoms with Crippen molar-refractivity contribution in [3.63, 3.8) is 0 Å². The third kappa shape index (κ3) is 7.67. The Labute approximate surface area is 175 Å². The molecule has 0 fully saturated rings. The lowest BCUT2D eigenvalue weighted by molar-refractivity contribution is -0.123. The van der Waals surface area contributed by atoms with Crippen molar-refractivity contribution in [2.24, 2.45) is 5.92 Å². The lowest BCUT2D eigenvalue weighted by Gasteiger charge is -2.04. The van der Waals surface area contributed by atoms with Crippen molar-refractivity contribution in [1.29, 1.82) is 0 Å². The number of carbonyl (C=O) groups excluding carboxylic acids is 4. The molecule has 0 spiro atoms. The third-order valence-electron chi connectivity index (χ3n) is 4.13. The minimum atomic E-state index is -0.755. The highest BCUT2D eigenvalue weighted by Crippen LogP contribution is 2.14. The summed E-state index contributed by atoms with van der Waals surface area (Å²) in [5.41, 5.74) is 3.07. The maximum atomic E-state index is 12.3. The second-order valence-corrected chi connectivity index (χ2v) is 6.72. The average molecular weight is 404 g/mol. The van der Waals surface area contributed by atoms with Crippen molar-refractivity contribution in [2.75, 3.05) is 10.6 Å². The lowest BCUT2D eigenvalue weighted by Crippen LogP contribution is -2.12. The molecule has 0 aliphatic heterocycles. The van der Waals surface area contributed by atoms with E-state index in [9.17, 15) is 19.2 Å². The Balaban J connectivity index is 1.91. The summed E-state index contributed by atoms with van der Waals surface area (Å²) >= 11 is 0. The molecule has 0 bridgehead atoms. The van der Waals surface area contributed by atoms with Crippen LogP contribution >= 0.6 is 0 Å². The molecule has 0 aromatic heterocycles. The minimum absolute atomic E-state index is 0.137. The zero-order valence-electron chi connectivity index (χ0n) is 16.9. The van der Waals surface area contributed by atoms with Gasteiger partial charge in [0.25, 0.3) is 0 Å².